The first kappa shape index (κ1) is 20.7. The van der Waals surface area contributed by atoms with Crippen molar-refractivity contribution in [2.75, 3.05) is 6.61 Å². The summed E-state index contributed by atoms with van der Waals surface area (Å²) < 4.78 is 10.9. The lowest BCUT2D eigenvalue weighted by molar-refractivity contribution is -0.148. The number of esters is 1. The maximum Gasteiger partial charge on any atom is 0.331 e. The second-order valence-electron chi connectivity index (χ2n) is 7.50. The number of aliphatic hydroxyl groups is 1. The molecule has 0 saturated carbocycles. The lowest BCUT2D eigenvalue weighted by Crippen LogP contribution is -2.22. The lowest BCUT2D eigenvalue weighted by atomic mass is 9.97. The van der Waals surface area contributed by atoms with Gasteiger partial charge in [-0.1, -0.05) is 36.4 Å². The predicted octanol–water partition coefficient (Wildman–Crippen LogP) is 4.33. The normalized spacial score (nSPS) is 12.8. The minimum atomic E-state index is -0.652. The van der Waals surface area contributed by atoms with Gasteiger partial charge in [-0.3, -0.25) is 0 Å². The van der Waals surface area contributed by atoms with Crippen molar-refractivity contribution < 1.29 is 19.4 Å². The van der Waals surface area contributed by atoms with Gasteiger partial charge in [-0.05, 0) is 62.6 Å². The number of hydrogen-bond donors (Lipinski definition) is 1. The number of carbonyl (C=O) groups is 1. The molecular weight excluding hydrogens is 340 g/mol. The van der Waals surface area contributed by atoms with Gasteiger partial charge in [0.05, 0.1) is 6.10 Å². The summed E-state index contributed by atoms with van der Waals surface area (Å²) in [5.74, 6) is 0.343. The van der Waals surface area contributed by atoms with Crippen LogP contribution in [-0.2, 0) is 16.0 Å². The zero-order chi connectivity index (χ0) is 19.9. The van der Waals surface area contributed by atoms with E-state index in [1.165, 1.54) is 6.08 Å². The van der Waals surface area contributed by atoms with Crippen LogP contribution in [0.15, 0.2) is 54.6 Å². The van der Waals surface area contributed by atoms with E-state index < -0.39 is 11.7 Å². The molecule has 0 aliphatic carbocycles. The van der Waals surface area contributed by atoms with Gasteiger partial charge in [-0.15, -0.1) is 0 Å². The van der Waals surface area contributed by atoms with Crippen molar-refractivity contribution in [3.63, 3.8) is 0 Å². The first-order chi connectivity index (χ1) is 12.7. The van der Waals surface area contributed by atoms with E-state index in [1.807, 2.05) is 76.2 Å². The number of para-hydroxylation sites is 1. The van der Waals surface area contributed by atoms with Gasteiger partial charge >= 0.3 is 5.97 Å². The molecule has 2 aromatic rings. The van der Waals surface area contributed by atoms with Crippen LogP contribution in [0.2, 0.25) is 0 Å². The Labute approximate surface area is 161 Å². The Bertz CT molecular complexity index is 773. The quantitative estimate of drug-likeness (QED) is 0.584. The summed E-state index contributed by atoms with van der Waals surface area (Å²) in [6, 6.07) is 15.3. The monoisotopic (exact) mass is 368 g/mol. The van der Waals surface area contributed by atoms with E-state index >= 15 is 0 Å². The molecule has 0 radical (unpaired) electrons. The molecule has 0 amide bonds. The minimum absolute atomic E-state index is 0.202. The van der Waals surface area contributed by atoms with E-state index in [1.54, 1.807) is 6.08 Å². The van der Waals surface area contributed by atoms with Gasteiger partial charge < -0.3 is 14.6 Å². The number of rotatable bonds is 7. The summed E-state index contributed by atoms with van der Waals surface area (Å²) in [4.78, 5) is 12.0. The van der Waals surface area contributed by atoms with E-state index in [-0.39, 0.29) is 12.6 Å². The number of aliphatic hydroxyl groups excluding tert-OH is 1. The van der Waals surface area contributed by atoms with E-state index in [0.29, 0.717) is 6.42 Å². The third-order valence-corrected chi connectivity index (χ3v) is 3.85. The number of benzene rings is 2. The molecule has 0 bridgehead atoms. The Hall–Kier alpha value is -2.59. The molecule has 0 fully saturated rings. The molecule has 2 rings (SSSR count). The molecule has 2 aromatic carbocycles. The zero-order valence-corrected chi connectivity index (χ0v) is 16.4. The van der Waals surface area contributed by atoms with Crippen molar-refractivity contribution in [2.24, 2.45) is 0 Å². The van der Waals surface area contributed by atoms with E-state index in [2.05, 4.69) is 0 Å². The SMILES string of the molecule is Cc1cccc(CC(O)COc2ccccc2)c1/C=C/C(=O)OC(C)(C)C. The molecule has 1 unspecified atom stereocenters. The van der Waals surface area contributed by atoms with Gasteiger partial charge in [0.1, 0.15) is 18.0 Å². The Balaban J connectivity index is 2.04. The van der Waals surface area contributed by atoms with Gasteiger partial charge in [-0.2, -0.15) is 0 Å². The van der Waals surface area contributed by atoms with Crippen molar-refractivity contribution in [2.45, 2.75) is 45.8 Å². The highest BCUT2D eigenvalue weighted by Crippen LogP contribution is 2.19. The minimum Gasteiger partial charge on any atom is -0.491 e. The molecule has 144 valence electrons. The van der Waals surface area contributed by atoms with Crippen LogP contribution >= 0.6 is 0 Å². The summed E-state index contributed by atoms with van der Waals surface area (Å²) in [6.45, 7) is 7.68. The Morgan fingerprint density at radius 1 is 1.11 bits per heavy atom. The highest BCUT2D eigenvalue weighted by atomic mass is 16.6. The van der Waals surface area contributed by atoms with Crippen molar-refractivity contribution in [3.05, 3.63) is 71.3 Å². The summed E-state index contributed by atoms with van der Waals surface area (Å²) >= 11 is 0. The van der Waals surface area contributed by atoms with Crippen LogP contribution < -0.4 is 4.74 Å². The number of carbonyl (C=O) groups excluding carboxylic acids is 1. The summed E-state index contributed by atoms with van der Waals surface area (Å²) in [5, 5.41) is 10.4. The predicted molar refractivity (Wildman–Crippen MR) is 108 cm³/mol. The largest absolute Gasteiger partial charge is 0.491 e. The third kappa shape index (κ3) is 7.27. The van der Waals surface area contributed by atoms with Crippen LogP contribution in [0.4, 0.5) is 0 Å². The van der Waals surface area contributed by atoms with Gasteiger partial charge in [-0.25, -0.2) is 4.79 Å². The lowest BCUT2D eigenvalue weighted by Gasteiger charge is -2.18. The summed E-state index contributed by atoms with van der Waals surface area (Å²) in [6.07, 6.45) is 2.97. The second kappa shape index (κ2) is 9.38. The van der Waals surface area contributed by atoms with Crippen LogP contribution in [0.5, 0.6) is 5.75 Å². The van der Waals surface area contributed by atoms with Gasteiger partial charge in [0.25, 0.3) is 0 Å². The molecule has 4 nitrogen and oxygen atoms in total. The first-order valence-corrected chi connectivity index (χ1v) is 9.10. The van der Waals surface area contributed by atoms with Crippen LogP contribution in [0.3, 0.4) is 0 Å². The summed E-state index contributed by atoms with van der Waals surface area (Å²) in [5.41, 5.74) is 2.38. The molecule has 0 aliphatic heterocycles. The average molecular weight is 368 g/mol. The average Bonchev–Trinajstić information content (AvgIpc) is 2.59. The smallest absolute Gasteiger partial charge is 0.331 e. The summed E-state index contributed by atoms with van der Waals surface area (Å²) in [7, 11) is 0. The van der Waals surface area contributed by atoms with Crippen molar-refractivity contribution >= 4 is 12.0 Å². The van der Waals surface area contributed by atoms with Gasteiger partial charge in [0.15, 0.2) is 0 Å². The maximum absolute atomic E-state index is 12.0. The molecule has 1 N–H and O–H groups in total. The van der Waals surface area contributed by atoms with Crippen molar-refractivity contribution in [1.82, 2.24) is 0 Å². The fraction of sp³-hybridized carbons (Fsp3) is 0.348. The first-order valence-electron chi connectivity index (χ1n) is 9.10. The number of ether oxygens (including phenoxy) is 2. The molecule has 0 spiro atoms. The van der Waals surface area contributed by atoms with Gasteiger partial charge in [0.2, 0.25) is 0 Å². The maximum atomic E-state index is 12.0. The second-order valence-corrected chi connectivity index (χ2v) is 7.50. The molecule has 0 heterocycles. The Kier molecular flexibility index (Phi) is 7.19. The van der Waals surface area contributed by atoms with Crippen molar-refractivity contribution in [3.8, 4) is 5.75 Å². The molecule has 0 saturated heterocycles. The molecule has 0 aromatic heterocycles. The van der Waals surface area contributed by atoms with Crippen LogP contribution in [0.25, 0.3) is 6.08 Å². The molecule has 1 atom stereocenters. The fourth-order valence-electron chi connectivity index (χ4n) is 2.67. The van der Waals surface area contributed by atoms with Crippen LogP contribution in [0.1, 0.15) is 37.5 Å². The topological polar surface area (TPSA) is 55.8 Å². The Morgan fingerprint density at radius 3 is 2.48 bits per heavy atom. The van der Waals surface area contributed by atoms with Gasteiger partial charge in [0, 0.05) is 12.5 Å². The van der Waals surface area contributed by atoms with Crippen molar-refractivity contribution in [1.29, 1.82) is 0 Å². The fourth-order valence-corrected chi connectivity index (χ4v) is 2.67. The van der Waals surface area contributed by atoms with E-state index in [4.69, 9.17) is 9.47 Å². The van der Waals surface area contributed by atoms with Crippen LogP contribution in [-0.4, -0.2) is 29.4 Å². The molecule has 4 heteroatoms. The number of aryl methyl sites for hydroxylation is 1. The van der Waals surface area contributed by atoms with Crippen LogP contribution in [0, 0.1) is 6.92 Å². The zero-order valence-electron chi connectivity index (χ0n) is 16.4. The molecule has 0 aliphatic rings. The highest BCUT2D eigenvalue weighted by Gasteiger charge is 2.15. The third-order valence-electron chi connectivity index (χ3n) is 3.85. The standard InChI is InChI=1S/C23H28O4/c1-17-9-8-10-18(21(17)13-14-22(25)27-23(2,3)4)15-19(24)16-26-20-11-6-5-7-12-20/h5-14,19,24H,15-16H2,1-4H3/b14-13+. The molecule has 27 heavy (non-hydrogen) atoms. The molecular formula is C23H28O4. The highest BCUT2D eigenvalue weighted by molar-refractivity contribution is 5.87. The van der Waals surface area contributed by atoms with E-state index in [0.717, 1.165) is 22.4 Å². The number of hydrogen-bond acceptors (Lipinski definition) is 4. The van der Waals surface area contributed by atoms with E-state index in [9.17, 15) is 9.90 Å². The Morgan fingerprint density at radius 2 is 1.81 bits per heavy atom.